The van der Waals surface area contributed by atoms with Crippen LogP contribution in [0.15, 0.2) is 36.4 Å². The van der Waals surface area contributed by atoms with E-state index >= 15 is 0 Å². The van der Waals surface area contributed by atoms with Gasteiger partial charge >= 0.3 is 0 Å². The van der Waals surface area contributed by atoms with Gasteiger partial charge in [-0.15, -0.1) is 0 Å². The van der Waals surface area contributed by atoms with Crippen molar-refractivity contribution in [3.63, 3.8) is 0 Å². The molecule has 94 valence electrons. The molecule has 3 heteroatoms. The second-order valence-corrected chi connectivity index (χ2v) is 5.29. The lowest BCUT2D eigenvalue weighted by Gasteiger charge is -2.18. The molecule has 0 heterocycles. The Morgan fingerprint density at radius 1 is 1.00 bits per heavy atom. The van der Waals surface area contributed by atoms with Gasteiger partial charge in [0.05, 0.1) is 6.04 Å². The Bertz CT molecular complexity index is 558. The summed E-state index contributed by atoms with van der Waals surface area (Å²) in [4.78, 5) is 0. The van der Waals surface area contributed by atoms with Crippen LogP contribution in [0.2, 0.25) is 10.0 Å². The molecule has 2 aromatic carbocycles. The monoisotopic (exact) mass is 279 g/mol. The normalized spacial score (nSPS) is 12.5. The summed E-state index contributed by atoms with van der Waals surface area (Å²) in [6.45, 7) is 4.09. The van der Waals surface area contributed by atoms with Crippen LogP contribution >= 0.6 is 23.2 Å². The maximum atomic E-state index is 6.32. The molecule has 0 fully saturated rings. The van der Waals surface area contributed by atoms with E-state index < -0.39 is 0 Å². The zero-order valence-electron chi connectivity index (χ0n) is 10.4. The van der Waals surface area contributed by atoms with Gasteiger partial charge < -0.3 is 5.73 Å². The summed E-state index contributed by atoms with van der Waals surface area (Å²) in [7, 11) is 0. The molecule has 0 aromatic heterocycles. The number of rotatable bonds is 2. The highest BCUT2D eigenvalue weighted by atomic mass is 35.5. The molecule has 0 amide bonds. The minimum atomic E-state index is -0.300. The molecule has 0 spiro atoms. The van der Waals surface area contributed by atoms with Crippen LogP contribution in [0.25, 0.3) is 0 Å². The predicted octanol–water partition coefficient (Wildman–Crippen LogP) is 4.66. The first-order chi connectivity index (χ1) is 8.50. The Labute approximate surface area is 118 Å². The first kappa shape index (κ1) is 13.4. The molecule has 0 saturated carbocycles. The topological polar surface area (TPSA) is 26.0 Å². The van der Waals surface area contributed by atoms with Crippen molar-refractivity contribution >= 4 is 23.2 Å². The van der Waals surface area contributed by atoms with Crippen LogP contribution in [-0.4, -0.2) is 0 Å². The maximum absolute atomic E-state index is 6.32. The molecule has 0 saturated heterocycles. The van der Waals surface area contributed by atoms with Crippen LogP contribution in [0.5, 0.6) is 0 Å². The second-order valence-electron chi connectivity index (χ2n) is 4.47. The van der Waals surface area contributed by atoms with Gasteiger partial charge in [-0.05, 0) is 37.1 Å². The minimum Gasteiger partial charge on any atom is -0.320 e. The van der Waals surface area contributed by atoms with Crippen molar-refractivity contribution in [1.29, 1.82) is 0 Å². The van der Waals surface area contributed by atoms with Gasteiger partial charge in [-0.25, -0.2) is 0 Å². The van der Waals surface area contributed by atoms with Gasteiger partial charge in [0.25, 0.3) is 0 Å². The van der Waals surface area contributed by atoms with Gasteiger partial charge in [-0.2, -0.15) is 0 Å². The van der Waals surface area contributed by atoms with Crippen LogP contribution in [-0.2, 0) is 0 Å². The smallest absolute Gasteiger partial charge is 0.0584 e. The Morgan fingerprint density at radius 3 is 2.22 bits per heavy atom. The largest absolute Gasteiger partial charge is 0.320 e. The van der Waals surface area contributed by atoms with E-state index in [1.807, 2.05) is 32.0 Å². The number of hydrogen-bond donors (Lipinski definition) is 1. The summed E-state index contributed by atoms with van der Waals surface area (Å²) >= 11 is 12.4. The predicted molar refractivity (Wildman–Crippen MR) is 78.4 cm³/mol. The maximum Gasteiger partial charge on any atom is 0.0584 e. The SMILES string of the molecule is Cc1ccc(C)c(C(N)c2c(Cl)cccc2Cl)c1. The third-order valence-electron chi connectivity index (χ3n) is 3.08. The van der Waals surface area contributed by atoms with E-state index in [9.17, 15) is 0 Å². The van der Waals surface area contributed by atoms with E-state index in [1.54, 1.807) is 0 Å². The number of hydrogen-bond acceptors (Lipinski definition) is 1. The quantitative estimate of drug-likeness (QED) is 0.850. The first-order valence-electron chi connectivity index (χ1n) is 5.77. The molecule has 0 aliphatic heterocycles. The van der Waals surface area contributed by atoms with Gasteiger partial charge in [-0.1, -0.05) is 53.0 Å². The van der Waals surface area contributed by atoms with Gasteiger partial charge in [0.2, 0.25) is 0 Å². The third-order valence-corrected chi connectivity index (χ3v) is 3.74. The lowest BCUT2D eigenvalue weighted by Crippen LogP contribution is -2.14. The number of benzene rings is 2. The summed E-state index contributed by atoms with van der Waals surface area (Å²) in [5, 5.41) is 1.21. The van der Waals surface area contributed by atoms with E-state index in [2.05, 4.69) is 18.2 Å². The van der Waals surface area contributed by atoms with Crippen LogP contribution in [0.1, 0.15) is 28.3 Å². The fourth-order valence-corrected chi connectivity index (χ4v) is 2.69. The average Bonchev–Trinajstić information content (AvgIpc) is 2.32. The van der Waals surface area contributed by atoms with Crippen LogP contribution in [0, 0.1) is 13.8 Å². The molecular formula is C15H15Cl2N. The molecule has 1 nitrogen and oxygen atoms in total. The van der Waals surface area contributed by atoms with E-state index in [1.165, 1.54) is 5.56 Å². The van der Waals surface area contributed by atoms with E-state index in [4.69, 9.17) is 28.9 Å². The Morgan fingerprint density at radius 2 is 1.61 bits per heavy atom. The molecule has 2 N–H and O–H groups in total. The molecule has 0 aliphatic rings. The zero-order valence-corrected chi connectivity index (χ0v) is 11.9. The molecule has 2 rings (SSSR count). The average molecular weight is 280 g/mol. The third kappa shape index (κ3) is 2.54. The molecule has 1 atom stereocenters. The van der Waals surface area contributed by atoms with Crippen LogP contribution in [0.3, 0.4) is 0 Å². The molecule has 0 radical (unpaired) electrons. The van der Waals surface area contributed by atoms with E-state index in [0.29, 0.717) is 10.0 Å². The molecule has 0 bridgehead atoms. The summed E-state index contributed by atoms with van der Waals surface area (Å²) in [6.07, 6.45) is 0. The Kier molecular flexibility index (Phi) is 3.96. The summed E-state index contributed by atoms with van der Waals surface area (Å²) in [6, 6.07) is 11.4. The number of nitrogens with two attached hydrogens (primary N) is 1. The summed E-state index contributed by atoms with van der Waals surface area (Å²) in [5.41, 5.74) is 10.5. The first-order valence-corrected chi connectivity index (χ1v) is 6.53. The fraction of sp³-hybridized carbons (Fsp3) is 0.200. The van der Waals surface area contributed by atoms with Crippen molar-refractivity contribution in [3.05, 3.63) is 68.7 Å². The van der Waals surface area contributed by atoms with Crippen molar-refractivity contribution in [2.75, 3.05) is 0 Å². The number of halogens is 2. The highest BCUT2D eigenvalue weighted by Gasteiger charge is 2.17. The van der Waals surface area contributed by atoms with Crippen molar-refractivity contribution in [2.45, 2.75) is 19.9 Å². The lowest BCUT2D eigenvalue weighted by atomic mass is 9.94. The van der Waals surface area contributed by atoms with Crippen LogP contribution < -0.4 is 5.73 Å². The van der Waals surface area contributed by atoms with E-state index in [0.717, 1.165) is 16.7 Å². The summed E-state index contributed by atoms with van der Waals surface area (Å²) in [5.74, 6) is 0. The van der Waals surface area contributed by atoms with Crippen molar-refractivity contribution in [1.82, 2.24) is 0 Å². The Hall–Kier alpha value is -1.02. The molecule has 2 aromatic rings. The fourth-order valence-electron chi connectivity index (χ4n) is 2.06. The molecular weight excluding hydrogens is 265 g/mol. The van der Waals surface area contributed by atoms with Gasteiger partial charge in [0.15, 0.2) is 0 Å². The zero-order chi connectivity index (χ0) is 13.3. The highest BCUT2D eigenvalue weighted by Crippen LogP contribution is 2.33. The molecule has 0 aliphatic carbocycles. The van der Waals surface area contributed by atoms with Gasteiger partial charge in [0.1, 0.15) is 0 Å². The minimum absolute atomic E-state index is 0.300. The highest BCUT2D eigenvalue weighted by molar-refractivity contribution is 6.36. The van der Waals surface area contributed by atoms with Crippen molar-refractivity contribution < 1.29 is 0 Å². The summed E-state index contributed by atoms with van der Waals surface area (Å²) < 4.78 is 0. The van der Waals surface area contributed by atoms with Crippen molar-refractivity contribution in [3.8, 4) is 0 Å². The second kappa shape index (κ2) is 5.31. The number of aryl methyl sites for hydroxylation is 2. The van der Waals surface area contributed by atoms with Crippen LogP contribution in [0.4, 0.5) is 0 Å². The molecule has 18 heavy (non-hydrogen) atoms. The lowest BCUT2D eigenvalue weighted by molar-refractivity contribution is 0.860. The van der Waals surface area contributed by atoms with Crippen molar-refractivity contribution in [2.24, 2.45) is 5.73 Å². The molecule has 1 unspecified atom stereocenters. The van der Waals surface area contributed by atoms with Gasteiger partial charge in [0, 0.05) is 15.6 Å². The Balaban J connectivity index is 2.54. The van der Waals surface area contributed by atoms with Gasteiger partial charge in [-0.3, -0.25) is 0 Å². The standard InChI is InChI=1S/C15H15Cl2N/c1-9-6-7-10(2)11(8-9)15(18)14-12(16)4-3-5-13(14)17/h3-8,15H,18H2,1-2H3. The van der Waals surface area contributed by atoms with E-state index in [-0.39, 0.29) is 6.04 Å².